The molecule has 10 nitrogen and oxygen atoms in total. The minimum atomic E-state index is -0.847. The second-order valence-electron chi connectivity index (χ2n) is 14.1. The maximum Gasteiger partial charge on any atom is 0.413 e. The van der Waals surface area contributed by atoms with Crippen molar-refractivity contribution < 1.29 is 29.0 Å². The van der Waals surface area contributed by atoms with Crippen LogP contribution in [0, 0.1) is 11.3 Å². The van der Waals surface area contributed by atoms with Crippen molar-refractivity contribution in [2.24, 2.45) is 11.3 Å². The van der Waals surface area contributed by atoms with E-state index in [0.29, 0.717) is 31.1 Å². The first-order valence-corrected chi connectivity index (χ1v) is 17.4. The summed E-state index contributed by atoms with van der Waals surface area (Å²) in [7, 11) is 0. The van der Waals surface area contributed by atoms with Crippen LogP contribution >= 0.6 is 0 Å². The van der Waals surface area contributed by atoms with Gasteiger partial charge in [0.2, 0.25) is 5.91 Å². The number of aromatic nitrogens is 1. The average Bonchev–Trinajstić information content (AvgIpc) is 3.02. The van der Waals surface area contributed by atoms with Gasteiger partial charge >= 0.3 is 12.1 Å². The molecule has 2 aromatic rings. The lowest BCUT2D eigenvalue weighted by molar-refractivity contribution is -0.147. The number of anilines is 1. The van der Waals surface area contributed by atoms with Gasteiger partial charge in [0, 0.05) is 36.6 Å². The Labute approximate surface area is 279 Å². The van der Waals surface area contributed by atoms with Gasteiger partial charge in [-0.2, -0.15) is 0 Å². The lowest BCUT2D eigenvalue weighted by atomic mass is 9.76. The molecule has 0 bridgehead atoms. The van der Waals surface area contributed by atoms with E-state index >= 15 is 0 Å². The van der Waals surface area contributed by atoms with Gasteiger partial charge in [-0.25, -0.2) is 9.78 Å². The van der Waals surface area contributed by atoms with Crippen molar-refractivity contribution >= 4 is 34.6 Å². The molecule has 1 aromatic heterocycles. The number of amides is 2. The molecule has 1 aromatic carbocycles. The number of rotatable bonds is 13. The standard InChI is InChI=1S/C37H54N4O6/c1-5-22-47-36(45)40-33-30-17-16-29(24-26(30)18-20-38-33)46-23-19-28-15-11-12-21-41(28)34(42)32(25-31(35(43)44)37(2,3)4)39-27-13-9-7-6-8-10-14-27/h5,16-18,20,24,27-28,31-32,39H,1,6-15,19,21-23,25H2,2-4H3,(H,43,44)(H,38,40,45)/t28?,31?,32-/m0/s1. The first-order chi connectivity index (χ1) is 22.6. The number of hydrogen-bond donors (Lipinski definition) is 3. The number of benzene rings is 1. The van der Waals surface area contributed by atoms with Gasteiger partial charge in [-0.15, -0.1) is 0 Å². The summed E-state index contributed by atoms with van der Waals surface area (Å²) in [5.74, 6) is -0.368. The van der Waals surface area contributed by atoms with E-state index in [1.807, 2.05) is 49.9 Å². The average molecular weight is 651 g/mol. The highest BCUT2D eigenvalue weighted by molar-refractivity contribution is 5.98. The number of nitrogens with zero attached hydrogens (tertiary/aromatic N) is 2. The van der Waals surface area contributed by atoms with Gasteiger partial charge < -0.3 is 24.8 Å². The Bertz CT molecular complexity index is 1350. The Hall–Kier alpha value is -3.66. The number of carbonyl (C=O) groups is 3. The van der Waals surface area contributed by atoms with E-state index in [4.69, 9.17) is 9.47 Å². The molecule has 4 rings (SSSR count). The zero-order chi connectivity index (χ0) is 33.8. The minimum absolute atomic E-state index is 0.0251. The number of aliphatic carboxylic acids is 1. The highest BCUT2D eigenvalue weighted by atomic mass is 16.5. The van der Waals surface area contributed by atoms with Crippen LogP contribution in [0.15, 0.2) is 43.1 Å². The smallest absolute Gasteiger partial charge is 0.413 e. The molecule has 1 saturated heterocycles. The fraction of sp³-hybridized carbons (Fsp3) is 0.622. The Kier molecular flexibility index (Phi) is 13.5. The summed E-state index contributed by atoms with van der Waals surface area (Å²) in [6, 6.07) is 7.19. The second kappa shape index (κ2) is 17.5. The molecule has 2 aliphatic rings. The van der Waals surface area contributed by atoms with Crippen molar-refractivity contribution in [1.29, 1.82) is 0 Å². The number of carboxylic acid groups (broad SMARTS) is 1. The van der Waals surface area contributed by atoms with E-state index < -0.39 is 29.4 Å². The van der Waals surface area contributed by atoms with Crippen molar-refractivity contribution in [3.63, 3.8) is 0 Å². The largest absolute Gasteiger partial charge is 0.493 e. The van der Waals surface area contributed by atoms with Gasteiger partial charge in [0.15, 0.2) is 0 Å². The number of hydrogen-bond acceptors (Lipinski definition) is 7. The fourth-order valence-electron chi connectivity index (χ4n) is 6.92. The third-order valence-electron chi connectivity index (χ3n) is 9.57. The summed E-state index contributed by atoms with van der Waals surface area (Å²) >= 11 is 0. The molecule has 1 aliphatic heterocycles. The van der Waals surface area contributed by atoms with Crippen LogP contribution in [-0.4, -0.2) is 70.8 Å². The molecule has 0 radical (unpaired) electrons. The lowest BCUT2D eigenvalue weighted by Crippen LogP contribution is -2.55. The van der Waals surface area contributed by atoms with Crippen LogP contribution < -0.4 is 15.4 Å². The summed E-state index contributed by atoms with van der Waals surface area (Å²) in [4.78, 5) is 45.1. The van der Waals surface area contributed by atoms with Gasteiger partial charge in [-0.05, 0) is 73.6 Å². The van der Waals surface area contributed by atoms with Crippen LogP contribution in [0.4, 0.5) is 10.6 Å². The highest BCUT2D eigenvalue weighted by Crippen LogP contribution is 2.32. The predicted molar refractivity (Wildman–Crippen MR) is 185 cm³/mol. The van der Waals surface area contributed by atoms with Gasteiger partial charge in [-0.1, -0.05) is 65.5 Å². The van der Waals surface area contributed by atoms with E-state index in [1.165, 1.54) is 25.3 Å². The molecule has 10 heteroatoms. The number of piperidine rings is 1. The van der Waals surface area contributed by atoms with E-state index in [0.717, 1.165) is 55.7 Å². The Morgan fingerprint density at radius 1 is 1.06 bits per heavy atom. The summed E-state index contributed by atoms with van der Waals surface area (Å²) in [6.07, 6.45) is 14.4. The Morgan fingerprint density at radius 3 is 2.49 bits per heavy atom. The number of carboxylic acids is 1. The van der Waals surface area contributed by atoms with Crippen molar-refractivity contribution in [3.8, 4) is 5.75 Å². The molecule has 3 N–H and O–H groups in total. The number of nitrogens with one attached hydrogen (secondary N) is 2. The van der Waals surface area contributed by atoms with Crippen molar-refractivity contribution in [2.75, 3.05) is 25.1 Å². The van der Waals surface area contributed by atoms with Crippen LogP contribution in [0.3, 0.4) is 0 Å². The molecule has 2 amide bonds. The number of ether oxygens (including phenoxy) is 2. The zero-order valence-electron chi connectivity index (χ0n) is 28.5. The predicted octanol–water partition coefficient (Wildman–Crippen LogP) is 7.33. The molecule has 2 unspecified atom stereocenters. The van der Waals surface area contributed by atoms with E-state index in [-0.39, 0.29) is 31.0 Å². The van der Waals surface area contributed by atoms with Crippen molar-refractivity contribution in [2.45, 2.75) is 116 Å². The maximum absolute atomic E-state index is 14.3. The lowest BCUT2D eigenvalue weighted by Gasteiger charge is -2.40. The topological polar surface area (TPSA) is 130 Å². The van der Waals surface area contributed by atoms with E-state index in [1.54, 1.807) is 6.20 Å². The molecular formula is C37H54N4O6. The number of pyridine rings is 1. The summed E-state index contributed by atoms with van der Waals surface area (Å²) in [5.41, 5.74) is -0.469. The van der Waals surface area contributed by atoms with E-state index in [2.05, 4.69) is 22.2 Å². The number of carbonyl (C=O) groups excluding carboxylic acids is 2. The summed E-state index contributed by atoms with van der Waals surface area (Å²) in [6.45, 7) is 10.6. The molecular weight excluding hydrogens is 596 g/mol. The first-order valence-electron chi connectivity index (χ1n) is 17.4. The van der Waals surface area contributed by atoms with Crippen LogP contribution in [0.2, 0.25) is 0 Å². The van der Waals surface area contributed by atoms with E-state index in [9.17, 15) is 19.5 Å². The Balaban J connectivity index is 1.43. The van der Waals surface area contributed by atoms with Gasteiger partial charge in [-0.3, -0.25) is 14.9 Å². The molecule has 258 valence electrons. The van der Waals surface area contributed by atoms with Gasteiger partial charge in [0.1, 0.15) is 18.2 Å². The number of fused-ring (bicyclic) bond motifs is 1. The molecule has 1 aliphatic carbocycles. The monoisotopic (exact) mass is 650 g/mol. The third kappa shape index (κ3) is 10.7. The zero-order valence-corrected chi connectivity index (χ0v) is 28.5. The maximum atomic E-state index is 14.3. The molecule has 2 fully saturated rings. The van der Waals surface area contributed by atoms with Crippen molar-refractivity contribution in [3.05, 3.63) is 43.1 Å². The van der Waals surface area contributed by atoms with Crippen LogP contribution in [0.5, 0.6) is 5.75 Å². The minimum Gasteiger partial charge on any atom is -0.493 e. The van der Waals surface area contributed by atoms with Gasteiger partial charge in [0.25, 0.3) is 0 Å². The number of likely N-dealkylation sites (tertiary alicyclic amines) is 1. The molecule has 47 heavy (non-hydrogen) atoms. The molecule has 0 spiro atoms. The Morgan fingerprint density at radius 2 is 1.79 bits per heavy atom. The second-order valence-corrected chi connectivity index (χ2v) is 14.1. The molecule has 2 heterocycles. The summed E-state index contributed by atoms with van der Waals surface area (Å²) < 4.78 is 11.2. The van der Waals surface area contributed by atoms with Crippen LogP contribution in [0.25, 0.3) is 10.8 Å². The molecule has 3 atom stereocenters. The third-order valence-corrected chi connectivity index (χ3v) is 9.57. The quantitative estimate of drug-likeness (QED) is 0.192. The summed E-state index contributed by atoms with van der Waals surface area (Å²) in [5, 5.41) is 18.2. The highest BCUT2D eigenvalue weighted by Gasteiger charge is 2.39. The molecule has 1 saturated carbocycles. The normalized spacial score (nSPS) is 19.2. The first kappa shape index (κ1) is 36.2. The van der Waals surface area contributed by atoms with Crippen molar-refractivity contribution in [1.82, 2.24) is 15.2 Å². The SMILES string of the molecule is C=CCOC(=O)Nc1nccc2cc(OCCC3CCCCN3C(=O)[C@H](CC(C(=O)O)C(C)(C)C)NC3CCCCCCC3)ccc12. The van der Waals surface area contributed by atoms with Crippen LogP contribution in [0.1, 0.15) is 97.8 Å². The van der Waals surface area contributed by atoms with Crippen LogP contribution in [-0.2, 0) is 14.3 Å². The fourth-order valence-corrected chi connectivity index (χ4v) is 6.92. The van der Waals surface area contributed by atoms with Gasteiger partial charge in [0.05, 0.1) is 18.6 Å².